The van der Waals surface area contributed by atoms with Crippen LogP contribution in [0.5, 0.6) is 0 Å². The number of hydrogen-bond acceptors (Lipinski definition) is 5. The summed E-state index contributed by atoms with van der Waals surface area (Å²) in [6.45, 7) is 6.35. The molecule has 176 valence electrons. The number of aromatic amines is 1. The predicted octanol–water partition coefficient (Wildman–Crippen LogP) is 4.38. The molecule has 0 atom stereocenters. The smallest absolute Gasteiger partial charge is 0.252 e. The molecule has 1 N–H and O–H groups in total. The van der Waals surface area contributed by atoms with Crippen LogP contribution in [0.4, 0.5) is 0 Å². The van der Waals surface area contributed by atoms with Gasteiger partial charge in [0.15, 0.2) is 5.82 Å². The first-order valence-electron chi connectivity index (χ1n) is 11.7. The first-order chi connectivity index (χ1) is 17.1. The zero-order valence-electron chi connectivity index (χ0n) is 20.0. The van der Waals surface area contributed by atoms with Crippen LogP contribution >= 0.6 is 0 Å². The van der Waals surface area contributed by atoms with Gasteiger partial charge in [0, 0.05) is 24.0 Å². The van der Waals surface area contributed by atoms with Crippen molar-refractivity contribution in [3.63, 3.8) is 0 Å². The average molecular weight is 465 g/mol. The van der Waals surface area contributed by atoms with Gasteiger partial charge in [-0.1, -0.05) is 72.8 Å². The monoisotopic (exact) mass is 464 g/mol. The van der Waals surface area contributed by atoms with Crippen LogP contribution in [-0.2, 0) is 26.2 Å². The number of rotatable bonds is 8. The van der Waals surface area contributed by atoms with Crippen LogP contribution in [0.25, 0.3) is 10.9 Å². The highest BCUT2D eigenvalue weighted by atomic mass is 16.1. The topological polar surface area (TPSA) is 79.7 Å². The summed E-state index contributed by atoms with van der Waals surface area (Å²) in [4.78, 5) is 18.4. The molecule has 0 aliphatic carbocycles. The maximum absolute atomic E-state index is 13.1. The molecule has 0 amide bonds. The molecule has 7 nitrogen and oxygen atoms in total. The number of nitrogens with one attached hydrogen (secondary N) is 1. The minimum absolute atomic E-state index is 0.0619. The fourth-order valence-electron chi connectivity index (χ4n) is 4.40. The van der Waals surface area contributed by atoms with Gasteiger partial charge in [0.2, 0.25) is 0 Å². The highest BCUT2D eigenvalue weighted by molar-refractivity contribution is 5.85. The van der Waals surface area contributed by atoms with Crippen LogP contribution < -0.4 is 5.56 Å². The number of fused-ring (bicyclic) bond motifs is 1. The number of benzene rings is 3. The fraction of sp³-hybridized carbons (Fsp3) is 0.214. The van der Waals surface area contributed by atoms with E-state index in [1.54, 1.807) is 0 Å². The number of tetrazole rings is 1. The first kappa shape index (κ1) is 22.7. The SMILES string of the molecule is Cc1ccc(C)c2[nH]c(=O)c(CN(Cc3ccccc3)Cc3nnnn3Cc3ccccc3)cc12. The van der Waals surface area contributed by atoms with Gasteiger partial charge in [-0.05, 0) is 52.6 Å². The summed E-state index contributed by atoms with van der Waals surface area (Å²) in [5.74, 6) is 0.758. The number of H-pyrrole nitrogens is 1. The Bertz CT molecular complexity index is 1490. The van der Waals surface area contributed by atoms with Crippen molar-refractivity contribution in [3.05, 3.63) is 123 Å². The molecular formula is C28H28N6O. The number of nitrogens with zero attached hydrogens (tertiary/aromatic N) is 5. The van der Waals surface area contributed by atoms with E-state index in [1.807, 2.05) is 60.1 Å². The van der Waals surface area contributed by atoms with E-state index in [1.165, 1.54) is 5.56 Å². The van der Waals surface area contributed by atoms with E-state index in [9.17, 15) is 4.79 Å². The third-order valence-corrected chi connectivity index (χ3v) is 6.31. The lowest BCUT2D eigenvalue weighted by atomic mass is 10.0. The summed E-state index contributed by atoms with van der Waals surface area (Å²) < 4.78 is 1.82. The van der Waals surface area contributed by atoms with Gasteiger partial charge >= 0.3 is 0 Å². The lowest BCUT2D eigenvalue weighted by Crippen LogP contribution is -2.28. The van der Waals surface area contributed by atoms with E-state index in [0.717, 1.165) is 39.0 Å². The van der Waals surface area contributed by atoms with Gasteiger partial charge in [-0.15, -0.1) is 5.10 Å². The quantitative estimate of drug-likeness (QED) is 0.369. The van der Waals surface area contributed by atoms with Crippen molar-refractivity contribution in [2.24, 2.45) is 0 Å². The van der Waals surface area contributed by atoms with Crippen LogP contribution in [0, 0.1) is 13.8 Å². The largest absolute Gasteiger partial charge is 0.321 e. The van der Waals surface area contributed by atoms with E-state index in [0.29, 0.717) is 26.2 Å². The normalized spacial score (nSPS) is 11.4. The molecule has 0 bridgehead atoms. The Morgan fingerprint density at radius 2 is 1.51 bits per heavy atom. The van der Waals surface area contributed by atoms with Gasteiger partial charge < -0.3 is 4.98 Å². The van der Waals surface area contributed by atoms with Crippen molar-refractivity contribution in [1.82, 2.24) is 30.1 Å². The molecule has 0 aliphatic heterocycles. The molecule has 0 saturated carbocycles. The molecule has 7 heteroatoms. The summed E-state index contributed by atoms with van der Waals surface area (Å²) in [5, 5.41) is 13.5. The Balaban J connectivity index is 1.46. The van der Waals surface area contributed by atoms with Crippen molar-refractivity contribution < 1.29 is 0 Å². The second-order valence-electron chi connectivity index (χ2n) is 8.98. The zero-order chi connectivity index (χ0) is 24.2. The maximum Gasteiger partial charge on any atom is 0.252 e. The molecule has 5 aromatic rings. The van der Waals surface area contributed by atoms with E-state index >= 15 is 0 Å². The number of pyridine rings is 1. The lowest BCUT2D eigenvalue weighted by molar-refractivity contribution is 0.236. The molecular weight excluding hydrogens is 436 g/mol. The van der Waals surface area contributed by atoms with Gasteiger partial charge in [0.1, 0.15) is 0 Å². The fourth-order valence-corrected chi connectivity index (χ4v) is 4.40. The summed E-state index contributed by atoms with van der Waals surface area (Å²) >= 11 is 0. The van der Waals surface area contributed by atoms with Crippen LogP contribution in [0.2, 0.25) is 0 Å². The van der Waals surface area contributed by atoms with Crippen molar-refractivity contribution in [2.75, 3.05) is 0 Å². The minimum atomic E-state index is -0.0619. The minimum Gasteiger partial charge on any atom is -0.321 e. The average Bonchev–Trinajstić information content (AvgIpc) is 3.30. The number of aryl methyl sites for hydroxylation is 2. The lowest BCUT2D eigenvalue weighted by Gasteiger charge is -2.22. The van der Waals surface area contributed by atoms with Crippen LogP contribution in [-0.4, -0.2) is 30.1 Å². The highest BCUT2D eigenvalue weighted by Gasteiger charge is 2.16. The molecule has 0 spiro atoms. The highest BCUT2D eigenvalue weighted by Crippen LogP contribution is 2.21. The standard InChI is InChI=1S/C28H28N6O/c1-20-13-14-21(2)27-25(20)15-24(28(35)29-27)18-33(16-22-9-5-3-6-10-22)19-26-30-31-32-34(26)17-23-11-7-4-8-12-23/h3-15H,16-19H2,1-2H3,(H,29,35). The molecule has 0 aliphatic rings. The molecule has 35 heavy (non-hydrogen) atoms. The van der Waals surface area contributed by atoms with Crippen molar-refractivity contribution in [3.8, 4) is 0 Å². The van der Waals surface area contributed by atoms with Gasteiger partial charge in [0.25, 0.3) is 5.56 Å². The molecule has 3 aromatic carbocycles. The van der Waals surface area contributed by atoms with E-state index < -0.39 is 0 Å². The Hall–Kier alpha value is -4.10. The van der Waals surface area contributed by atoms with Gasteiger partial charge in [-0.25, -0.2) is 4.68 Å². The predicted molar refractivity (Wildman–Crippen MR) is 137 cm³/mol. The molecule has 5 rings (SSSR count). The summed E-state index contributed by atoms with van der Waals surface area (Å²) in [6.07, 6.45) is 0. The third kappa shape index (κ3) is 5.20. The van der Waals surface area contributed by atoms with Gasteiger partial charge in [-0.3, -0.25) is 9.69 Å². The Morgan fingerprint density at radius 1 is 0.829 bits per heavy atom. The number of aromatic nitrogens is 5. The summed E-state index contributed by atoms with van der Waals surface area (Å²) in [6, 6.07) is 26.6. The molecule has 0 unspecified atom stereocenters. The van der Waals surface area contributed by atoms with Crippen LogP contribution in [0.15, 0.2) is 83.7 Å². The Labute approximate surface area is 204 Å². The molecule has 0 saturated heterocycles. The van der Waals surface area contributed by atoms with Crippen molar-refractivity contribution in [2.45, 2.75) is 40.0 Å². The van der Waals surface area contributed by atoms with E-state index in [-0.39, 0.29) is 5.56 Å². The second-order valence-corrected chi connectivity index (χ2v) is 8.98. The molecule has 2 heterocycles. The maximum atomic E-state index is 13.1. The van der Waals surface area contributed by atoms with Crippen molar-refractivity contribution in [1.29, 1.82) is 0 Å². The van der Waals surface area contributed by atoms with E-state index in [4.69, 9.17) is 0 Å². The van der Waals surface area contributed by atoms with Gasteiger partial charge in [0.05, 0.1) is 18.6 Å². The van der Waals surface area contributed by atoms with Crippen LogP contribution in [0.1, 0.15) is 33.6 Å². The molecule has 2 aromatic heterocycles. The zero-order valence-corrected chi connectivity index (χ0v) is 20.0. The summed E-state index contributed by atoms with van der Waals surface area (Å²) in [5.41, 5.74) is 6.07. The van der Waals surface area contributed by atoms with Gasteiger partial charge in [-0.2, -0.15) is 0 Å². The van der Waals surface area contributed by atoms with Crippen molar-refractivity contribution >= 4 is 10.9 Å². The van der Waals surface area contributed by atoms with E-state index in [2.05, 4.69) is 62.7 Å². The van der Waals surface area contributed by atoms with Crippen LogP contribution in [0.3, 0.4) is 0 Å². The summed E-state index contributed by atoms with van der Waals surface area (Å²) in [7, 11) is 0. The number of hydrogen-bond donors (Lipinski definition) is 1. The Kier molecular flexibility index (Phi) is 6.50. The first-order valence-corrected chi connectivity index (χ1v) is 11.7. The second kappa shape index (κ2) is 10.0. The molecule has 0 fully saturated rings. The molecule has 0 radical (unpaired) electrons. The third-order valence-electron chi connectivity index (χ3n) is 6.31. The Morgan fingerprint density at radius 3 is 2.26 bits per heavy atom.